The molecule has 15 heavy (non-hydrogen) atoms. The third-order valence-electron chi connectivity index (χ3n) is 3.89. The number of nitrogens with zero attached hydrogens (tertiary/aromatic N) is 1. The average molecular weight is 212 g/mol. The molecule has 2 nitrogen and oxygen atoms in total. The minimum atomic E-state index is 0.450. The maximum absolute atomic E-state index is 3.64. The van der Waals surface area contributed by atoms with Gasteiger partial charge in [-0.1, -0.05) is 32.6 Å². The lowest BCUT2D eigenvalue weighted by Crippen LogP contribution is -2.52. The van der Waals surface area contributed by atoms with Gasteiger partial charge in [0.1, 0.15) is 0 Å². The van der Waals surface area contributed by atoms with Crippen LogP contribution in [-0.4, -0.2) is 37.6 Å². The molecule has 90 valence electrons. The zero-order chi connectivity index (χ0) is 11.1. The van der Waals surface area contributed by atoms with Crippen LogP contribution in [0.25, 0.3) is 0 Å². The molecular weight excluding hydrogens is 184 g/mol. The molecule has 1 N–H and O–H groups in total. The molecule has 0 aromatic heterocycles. The molecule has 0 bridgehead atoms. The Kier molecular flexibility index (Phi) is 5.62. The summed E-state index contributed by atoms with van der Waals surface area (Å²) < 4.78 is 0. The minimum absolute atomic E-state index is 0.450. The van der Waals surface area contributed by atoms with E-state index >= 15 is 0 Å². The summed E-state index contributed by atoms with van der Waals surface area (Å²) in [6.07, 6.45) is 9.61. The Labute approximate surface area is 95.4 Å². The Morgan fingerprint density at radius 3 is 2.33 bits per heavy atom. The molecule has 1 rings (SSSR count). The maximum Gasteiger partial charge on any atom is 0.0327 e. The van der Waals surface area contributed by atoms with Crippen molar-refractivity contribution in [3.63, 3.8) is 0 Å². The molecule has 0 amide bonds. The summed E-state index contributed by atoms with van der Waals surface area (Å²) in [5, 5.41) is 3.64. The van der Waals surface area contributed by atoms with Crippen molar-refractivity contribution >= 4 is 0 Å². The molecule has 0 saturated heterocycles. The van der Waals surface area contributed by atoms with E-state index in [9.17, 15) is 0 Å². The monoisotopic (exact) mass is 212 g/mol. The second-order valence-corrected chi connectivity index (χ2v) is 5.21. The van der Waals surface area contributed by atoms with Gasteiger partial charge in [0.15, 0.2) is 0 Å². The molecular formula is C13H28N2. The molecule has 0 aromatic rings. The van der Waals surface area contributed by atoms with Gasteiger partial charge in [0, 0.05) is 12.1 Å². The maximum atomic E-state index is 3.64. The van der Waals surface area contributed by atoms with E-state index in [1.165, 1.54) is 58.0 Å². The third-order valence-corrected chi connectivity index (χ3v) is 3.89. The Bertz CT molecular complexity index is 160. The van der Waals surface area contributed by atoms with Crippen molar-refractivity contribution in [3.05, 3.63) is 0 Å². The highest BCUT2D eigenvalue weighted by Gasteiger charge is 2.33. The van der Waals surface area contributed by atoms with Crippen LogP contribution in [0.15, 0.2) is 0 Å². The van der Waals surface area contributed by atoms with Crippen LogP contribution in [-0.2, 0) is 0 Å². The van der Waals surface area contributed by atoms with Gasteiger partial charge in [-0.15, -0.1) is 0 Å². The third kappa shape index (κ3) is 3.76. The number of unbranched alkanes of at least 4 members (excludes halogenated alkanes) is 1. The fourth-order valence-corrected chi connectivity index (χ4v) is 2.61. The van der Waals surface area contributed by atoms with E-state index in [1.54, 1.807) is 0 Å². The fourth-order valence-electron chi connectivity index (χ4n) is 2.61. The molecule has 0 unspecified atom stereocenters. The summed E-state index contributed by atoms with van der Waals surface area (Å²) in [4.78, 5) is 2.45. The lowest BCUT2D eigenvalue weighted by atomic mass is 9.80. The number of hydrogen-bond donors (Lipinski definition) is 1. The second-order valence-electron chi connectivity index (χ2n) is 5.21. The minimum Gasteiger partial charge on any atom is -0.315 e. The molecule has 0 atom stereocenters. The topological polar surface area (TPSA) is 15.3 Å². The van der Waals surface area contributed by atoms with Crippen molar-refractivity contribution < 1.29 is 0 Å². The van der Waals surface area contributed by atoms with Crippen LogP contribution in [0.3, 0.4) is 0 Å². The summed E-state index contributed by atoms with van der Waals surface area (Å²) in [5.41, 5.74) is 0.450. The number of likely N-dealkylation sites (N-methyl/N-ethyl adjacent to an activating group) is 1. The highest BCUT2D eigenvalue weighted by Crippen LogP contribution is 2.31. The first-order chi connectivity index (χ1) is 7.21. The lowest BCUT2D eigenvalue weighted by molar-refractivity contribution is 0.0988. The molecule has 0 aliphatic heterocycles. The van der Waals surface area contributed by atoms with Crippen molar-refractivity contribution in [2.45, 2.75) is 57.4 Å². The predicted octanol–water partition coefficient (Wildman–Crippen LogP) is 2.64. The molecule has 1 fully saturated rings. The van der Waals surface area contributed by atoms with Crippen LogP contribution in [0, 0.1) is 0 Å². The SMILES string of the molecule is CCCCNCC1(N(C)C)CCCCC1. The van der Waals surface area contributed by atoms with Crippen LogP contribution in [0.5, 0.6) is 0 Å². The number of hydrogen-bond acceptors (Lipinski definition) is 2. The Balaban J connectivity index is 2.35. The summed E-state index contributed by atoms with van der Waals surface area (Å²) in [6.45, 7) is 4.62. The zero-order valence-electron chi connectivity index (χ0n) is 10.8. The Morgan fingerprint density at radius 1 is 1.13 bits per heavy atom. The highest BCUT2D eigenvalue weighted by molar-refractivity contribution is 4.92. The van der Waals surface area contributed by atoms with E-state index in [-0.39, 0.29) is 0 Å². The average Bonchev–Trinajstić information content (AvgIpc) is 2.26. The van der Waals surface area contributed by atoms with Gasteiger partial charge in [0.2, 0.25) is 0 Å². The van der Waals surface area contributed by atoms with Crippen LogP contribution >= 0.6 is 0 Å². The highest BCUT2D eigenvalue weighted by atomic mass is 15.2. The predicted molar refractivity (Wildman–Crippen MR) is 67.3 cm³/mol. The summed E-state index contributed by atoms with van der Waals surface area (Å²) in [5.74, 6) is 0. The normalized spacial score (nSPS) is 20.8. The van der Waals surface area contributed by atoms with Crippen molar-refractivity contribution in [2.75, 3.05) is 27.2 Å². The van der Waals surface area contributed by atoms with E-state index in [0.29, 0.717) is 5.54 Å². The van der Waals surface area contributed by atoms with Gasteiger partial charge in [0.05, 0.1) is 0 Å². The van der Waals surface area contributed by atoms with Crippen LogP contribution in [0.4, 0.5) is 0 Å². The Morgan fingerprint density at radius 2 is 1.80 bits per heavy atom. The zero-order valence-corrected chi connectivity index (χ0v) is 10.8. The Hall–Kier alpha value is -0.0800. The summed E-state index contributed by atoms with van der Waals surface area (Å²) >= 11 is 0. The van der Waals surface area contributed by atoms with E-state index in [4.69, 9.17) is 0 Å². The molecule has 0 radical (unpaired) electrons. The van der Waals surface area contributed by atoms with Crippen molar-refractivity contribution in [3.8, 4) is 0 Å². The molecule has 1 saturated carbocycles. The summed E-state index contributed by atoms with van der Waals surface area (Å²) in [6, 6.07) is 0. The first kappa shape index (κ1) is 13.0. The number of nitrogens with one attached hydrogen (secondary N) is 1. The standard InChI is InChI=1S/C13H28N2/c1-4-5-11-14-12-13(15(2)3)9-7-6-8-10-13/h14H,4-12H2,1-3H3. The molecule has 1 aliphatic rings. The van der Waals surface area contributed by atoms with Gasteiger partial charge >= 0.3 is 0 Å². The number of rotatable bonds is 6. The van der Waals surface area contributed by atoms with Crippen LogP contribution < -0.4 is 5.32 Å². The van der Waals surface area contributed by atoms with Crippen molar-refractivity contribution in [1.82, 2.24) is 10.2 Å². The van der Waals surface area contributed by atoms with Gasteiger partial charge < -0.3 is 10.2 Å². The van der Waals surface area contributed by atoms with Gasteiger partial charge in [-0.05, 0) is 39.9 Å². The molecule has 1 aliphatic carbocycles. The van der Waals surface area contributed by atoms with Gasteiger partial charge in [-0.3, -0.25) is 0 Å². The van der Waals surface area contributed by atoms with Gasteiger partial charge in [0.25, 0.3) is 0 Å². The fraction of sp³-hybridized carbons (Fsp3) is 1.00. The largest absolute Gasteiger partial charge is 0.315 e. The molecule has 0 spiro atoms. The van der Waals surface area contributed by atoms with Crippen LogP contribution in [0.1, 0.15) is 51.9 Å². The quantitative estimate of drug-likeness (QED) is 0.681. The molecule has 0 heterocycles. The van der Waals surface area contributed by atoms with E-state index in [0.717, 1.165) is 0 Å². The summed E-state index contributed by atoms with van der Waals surface area (Å²) in [7, 11) is 4.49. The lowest BCUT2D eigenvalue weighted by Gasteiger charge is -2.43. The van der Waals surface area contributed by atoms with Gasteiger partial charge in [-0.2, -0.15) is 0 Å². The first-order valence-corrected chi connectivity index (χ1v) is 6.59. The molecule has 2 heteroatoms. The van der Waals surface area contributed by atoms with E-state index in [2.05, 4.69) is 31.2 Å². The van der Waals surface area contributed by atoms with Crippen molar-refractivity contribution in [1.29, 1.82) is 0 Å². The van der Waals surface area contributed by atoms with Gasteiger partial charge in [-0.25, -0.2) is 0 Å². The smallest absolute Gasteiger partial charge is 0.0327 e. The van der Waals surface area contributed by atoms with E-state index in [1.807, 2.05) is 0 Å². The van der Waals surface area contributed by atoms with E-state index < -0.39 is 0 Å². The molecule has 0 aromatic carbocycles. The first-order valence-electron chi connectivity index (χ1n) is 6.59. The van der Waals surface area contributed by atoms with Crippen molar-refractivity contribution in [2.24, 2.45) is 0 Å². The van der Waals surface area contributed by atoms with Crippen LogP contribution in [0.2, 0.25) is 0 Å². The second kappa shape index (κ2) is 6.49.